The Hall–Kier alpha value is -3.52. The third-order valence-corrected chi connectivity index (χ3v) is 5.21. The first-order valence-electron chi connectivity index (χ1n) is 8.80. The van der Waals surface area contributed by atoms with Gasteiger partial charge in [-0.05, 0) is 29.3 Å². The van der Waals surface area contributed by atoms with Crippen LogP contribution < -0.4 is 0 Å². The average Bonchev–Trinajstić information content (AvgIpc) is 3.27. The minimum absolute atomic E-state index is 0.922. The lowest BCUT2D eigenvalue weighted by Gasteiger charge is -2.05. The molecule has 0 aliphatic carbocycles. The van der Waals surface area contributed by atoms with Crippen molar-refractivity contribution in [2.24, 2.45) is 0 Å². The maximum atomic E-state index is 6.33. The van der Waals surface area contributed by atoms with Crippen molar-refractivity contribution in [1.29, 1.82) is 0 Å². The van der Waals surface area contributed by atoms with Crippen molar-refractivity contribution in [2.45, 2.75) is 0 Å². The summed E-state index contributed by atoms with van der Waals surface area (Å²) in [4.78, 5) is 3.57. The van der Waals surface area contributed by atoms with Gasteiger partial charge in [0.05, 0.1) is 5.52 Å². The van der Waals surface area contributed by atoms with Crippen molar-refractivity contribution in [3.8, 4) is 11.1 Å². The molecule has 2 heteroatoms. The fourth-order valence-electron chi connectivity index (χ4n) is 4.04. The molecule has 0 atom stereocenters. The van der Waals surface area contributed by atoms with E-state index in [2.05, 4.69) is 77.8 Å². The van der Waals surface area contributed by atoms with Crippen LogP contribution in [0.3, 0.4) is 0 Å². The summed E-state index contributed by atoms with van der Waals surface area (Å²) in [5.74, 6) is 0. The Balaban J connectivity index is 1.91. The van der Waals surface area contributed by atoms with Gasteiger partial charge in [-0.2, -0.15) is 0 Å². The van der Waals surface area contributed by atoms with E-state index in [4.69, 9.17) is 4.42 Å². The lowest BCUT2D eigenvalue weighted by atomic mass is 9.97. The van der Waals surface area contributed by atoms with Gasteiger partial charge in [0, 0.05) is 27.1 Å². The number of aromatic amines is 1. The largest absolute Gasteiger partial charge is 0.454 e. The molecule has 26 heavy (non-hydrogen) atoms. The predicted octanol–water partition coefficient (Wildman–Crippen LogP) is 6.89. The molecule has 0 radical (unpaired) electrons. The number of rotatable bonds is 1. The molecule has 0 spiro atoms. The number of aromatic nitrogens is 1. The highest BCUT2D eigenvalue weighted by molar-refractivity contribution is 6.24. The van der Waals surface area contributed by atoms with E-state index >= 15 is 0 Å². The molecule has 0 fully saturated rings. The highest BCUT2D eigenvalue weighted by Crippen LogP contribution is 2.42. The number of nitrogens with one attached hydrogen (secondary N) is 1. The zero-order valence-electron chi connectivity index (χ0n) is 14.0. The maximum absolute atomic E-state index is 6.33. The summed E-state index contributed by atoms with van der Waals surface area (Å²) >= 11 is 0. The number of para-hydroxylation sites is 2. The van der Waals surface area contributed by atoms with Crippen molar-refractivity contribution in [1.82, 2.24) is 4.98 Å². The third-order valence-electron chi connectivity index (χ3n) is 5.21. The summed E-state index contributed by atoms with van der Waals surface area (Å²) in [5, 5.41) is 4.75. The summed E-state index contributed by atoms with van der Waals surface area (Å²) in [7, 11) is 0. The molecule has 4 aromatic carbocycles. The fraction of sp³-hybridized carbons (Fsp3) is 0. The molecule has 0 aliphatic rings. The van der Waals surface area contributed by atoms with Crippen LogP contribution in [-0.4, -0.2) is 4.98 Å². The van der Waals surface area contributed by atoms with Crippen LogP contribution in [0.2, 0.25) is 0 Å². The molecular weight excluding hydrogens is 318 g/mol. The van der Waals surface area contributed by atoms with Gasteiger partial charge in [-0.3, -0.25) is 0 Å². The lowest BCUT2D eigenvalue weighted by Crippen LogP contribution is -1.81. The summed E-state index contributed by atoms with van der Waals surface area (Å²) in [6.07, 6.45) is 0. The second kappa shape index (κ2) is 4.99. The molecular formula is C24H15NO. The van der Waals surface area contributed by atoms with Crippen LogP contribution in [0.5, 0.6) is 0 Å². The lowest BCUT2D eigenvalue weighted by molar-refractivity contribution is 0.672. The molecule has 1 N–H and O–H groups in total. The molecule has 2 aromatic heterocycles. The number of hydrogen-bond donors (Lipinski definition) is 1. The van der Waals surface area contributed by atoms with E-state index in [-0.39, 0.29) is 0 Å². The highest BCUT2D eigenvalue weighted by Gasteiger charge is 2.18. The standard InChI is InChI=1S/C24H15NO/c1-2-8-15(9-3-1)18-14-19-16-10-4-6-12-20(16)25-23(19)24-22(18)17-11-5-7-13-21(17)26-24/h1-14,25H. The van der Waals surface area contributed by atoms with Crippen molar-refractivity contribution < 1.29 is 4.42 Å². The molecule has 2 heterocycles. The van der Waals surface area contributed by atoms with Gasteiger partial charge in [0.25, 0.3) is 0 Å². The zero-order valence-corrected chi connectivity index (χ0v) is 14.0. The quantitative estimate of drug-likeness (QED) is 0.349. The van der Waals surface area contributed by atoms with E-state index in [0.29, 0.717) is 0 Å². The van der Waals surface area contributed by atoms with E-state index in [1.54, 1.807) is 0 Å². The van der Waals surface area contributed by atoms with E-state index in [0.717, 1.165) is 27.6 Å². The zero-order chi connectivity index (χ0) is 17.1. The average molecular weight is 333 g/mol. The summed E-state index contributed by atoms with van der Waals surface area (Å²) in [5.41, 5.74) is 6.47. The van der Waals surface area contributed by atoms with Gasteiger partial charge in [0.15, 0.2) is 5.58 Å². The Labute approximate surface area is 149 Å². The van der Waals surface area contributed by atoms with Crippen molar-refractivity contribution in [2.75, 3.05) is 0 Å². The Morgan fingerprint density at radius 2 is 1.38 bits per heavy atom. The molecule has 0 amide bonds. The SMILES string of the molecule is c1ccc(-c2cc3c4ccccc4[nH]c3c3oc4ccccc4c23)cc1. The number of furan rings is 1. The summed E-state index contributed by atoms with van der Waals surface area (Å²) in [6, 6.07) is 29.6. The van der Waals surface area contributed by atoms with Crippen LogP contribution in [0, 0.1) is 0 Å². The molecule has 0 aliphatic heterocycles. The van der Waals surface area contributed by atoms with Crippen LogP contribution in [0.4, 0.5) is 0 Å². The van der Waals surface area contributed by atoms with E-state index in [1.165, 1.54) is 27.3 Å². The molecule has 0 bridgehead atoms. The molecule has 0 saturated carbocycles. The molecule has 122 valence electrons. The molecule has 2 nitrogen and oxygen atoms in total. The molecule has 0 unspecified atom stereocenters. The number of benzene rings is 4. The van der Waals surface area contributed by atoms with Crippen molar-refractivity contribution in [3.63, 3.8) is 0 Å². The second-order valence-electron chi connectivity index (χ2n) is 6.69. The molecule has 6 aromatic rings. The van der Waals surface area contributed by atoms with E-state index in [1.807, 2.05) is 12.1 Å². The van der Waals surface area contributed by atoms with Crippen LogP contribution in [0.15, 0.2) is 89.3 Å². The number of fused-ring (bicyclic) bond motifs is 7. The monoisotopic (exact) mass is 333 g/mol. The van der Waals surface area contributed by atoms with Gasteiger partial charge >= 0.3 is 0 Å². The Morgan fingerprint density at radius 3 is 2.27 bits per heavy atom. The Morgan fingerprint density at radius 1 is 0.654 bits per heavy atom. The van der Waals surface area contributed by atoms with Gasteiger partial charge in [-0.15, -0.1) is 0 Å². The number of H-pyrrole nitrogens is 1. The van der Waals surface area contributed by atoms with Gasteiger partial charge in [-0.1, -0.05) is 66.7 Å². The first-order valence-corrected chi connectivity index (χ1v) is 8.80. The molecule has 0 saturated heterocycles. The predicted molar refractivity (Wildman–Crippen MR) is 109 cm³/mol. The van der Waals surface area contributed by atoms with Crippen LogP contribution >= 0.6 is 0 Å². The topological polar surface area (TPSA) is 28.9 Å². The van der Waals surface area contributed by atoms with Gasteiger partial charge in [0.1, 0.15) is 5.58 Å². The number of hydrogen-bond acceptors (Lipinski definition) is 1. The maximum Gasteiger partial charge on any atom is 0.160 e. The third kappa shape index (κ3) is 1.76. The normalized spacial score (nSPS) is 11.8. The summed E-state index contributed by atoms with van der Waals surface area (Å²) < 4.78 is 6.33. The Kier molecular flexibility index (Phi) is 2.64. The van der Waals surface area contributed by atoms with Gasteiger partial charge < -0.3 is 9.40 Å². The van der Waals surface area contributed by atoms with Gasteiger partial charge in [-0.25, -0.2) is 0 Å². The smallest absolute Gasteiger partial charge is 0.160 e. The van der Waals surface area contributed by atoms with Gasteiger partial charge in [0.2, 0.25) is 0 Å². The fourth-order valence-corrected chi connectivity index (χ4v) is 4.04. The second-order valence-corrected chi connectivity index (χ2v) is 6.69. The first kappa shape index (κ1) is 13.7. The minimum Gasteiger partial charge on any atom is -0.454 e. The first-order chi connectivity index (χ1) is 12.9. The summed E-state index contributed by atoms with van der Waals surface area (Å²) in [6.45, 7) is 0. The van der Waals surface area contributed by atoms with Crippen molar-refractivity contribution >= 4 is 43.7 Å². The van der Waals surface area contributed by atoms with Crippen molar-refractivity contribution in [3.05, 3.63) is 84.9 Å². The van der Waals surface area contributed by atoms with Crippen LogP contribution in [-0.2, 0) is 0 Å². The van der Waals surface area contributed by atoms with Crippen LogP contribution in [0.1, 0.15) is 0 Å². The van der Waals surface area contributed by atoms with E-state index < -0.39 is 0 Å². The van der Waals surface area contributed by atoms with Crippen LogP contribution in [0.25, 0.3) is 54.9 Å². The highest BCUT2D eigenvalue weighted by atomic mass is 16.3. The Bertz CT molecular complexity index is 1420. The molecule has 6 rings (SSSR count). The minimum atomic E-state index is 0.922. The van der Waals surface area contributed by atoms with E-state index in [9.17, 15) is 0 Å².